The molecule has 240 valence electrons. The van der Waals surface area contributed by atoms with Gasteiger partial charge in [0.1, 0.15) is 6.33 Å². The van der Waals surface area contributed by atoms with E-state index in [0.29, 0.717) is 42.1 Å². The van der Waals surface area contributed by atoms with Gasteiger partial charge in [-0.25, -0.2) is 23.4 Å². The fourth-order valence-electron chi connectivity index (χ4n) is 5.62. The molecule has 1 aliphatic carbocycles. The van der Waals surface area contributed by atoms with E-state index in [-0.39, 0.29) is 22.7 Å². The van der Waals surface area contributed by atoms with Crippen LogP contribution in [0.1, 0.15) is 38.2 Å². The van der Waals surface area contributed by atoms with Gasteiger partial charge >= 0.3 is 6.18 Å². The van der Waals surface area contributed by atoms with Gasteiger partial charge < -0.3 is 15.0 Å². The predicted molar refractivity (Wildman–Crippen MR) is 170 cm³/mol. The van der Waals surface area contributed by atoms with Gasteiger partial charge in [-0.1, -0.05) is 18.2 Å². The first-order valence-electron chi connectivity index (χ1n) is 14.8. The van der Waals surface area contributed by atoms with Gasteiger partial charge in [0, 0.05) is 24.0 Å². The van der Waals surface area contributed by atoms with Gasteiger partial charge in [-0.3, -0.25) is 9.62 Å². The van der Waals surface area contributed by atoms with Crippen LogP contribution in [0.4, 0.5) is 41.7 Å². The van der Waals surface area contributed by atoms with E-state index in [0.717, 1.165) is 42.4 Å². The number of aryl methyl sites for hydroxylation is 1. The number of nitrogens with one attached hydrogen (secondary N) is 2. The highest BCUT2D eigenvalue weighted by Gasteiger charge is 2.31. The zero-order valence-electron chi connectivity index (χ0n) is 24.8. The van der Waals surface area contributed by atoms with Gasteiger partial charge in [-0.15, -0.1) is 0 Å². The molecule has 3 N–H and O–H groups in total. The zero-order chi connectivity index (χ0) is 32.5. The van der Waals surface area contributed by atoms with Gasteiger partial charge in [-0.05, 0) is 87.2 Å². The maximum atomic E-state index is 13.2. The highest BCUT2D eigenvalue weighted by Crippen LogP contribution is 2.41. The third-order valence-corrected chi connectivity index (χ3v) is 9.38. The lowest BCUT2D eigenvalue weighted by Crippen LogP contribution is -2.28. The third kappa shape index (κ3) is 6.49. The number of hydrogen-bond donors (Lipinski definition) is 3. The van der Waals surface area contributed by atoms with Crippen LogP contribution in [-0.2, 0) is 22.7 Å². The molecule has 0 radical (unpaired) electrons. The summed E-state index contributed by atoms with van der Waals surface area (Å²) in [5.41, 5.74) is 2.13. The maximum Gasteiger partial charge on any atom is 0.416 e. The second-order valence-electron chi connectivity index (χ2n) is 11.1. The monoisotopic (exact) mass is 651 g/mol. The molecule has 0 amide bonds. The summed E-state index contributed by atoms with van der Waals surface area (Å²) in [6.45, 7) is 2.62. The largest absolute Gasteiger partial charge is 0.416 e. The summed E-state index contributed by atoms with van der Waals surface area (Å²) in [7, 11) is -4.22. The number of aliphatic hydroxyl groups excluding tert-OH is 1. The number of anilines is 5. The van der Waals surface area contributed by atoms with E-state index < -0.39 is 21.8 Å². The van der Waals surface area contributed by atoms with Crippen LogP contribution in [0.2, 0.25) is 0 Å². The Hall–Kier alpha value is -4.69. The molecular weight excluding hydrogens is 619 g/mol. The Balaban J connectivity index is 1.39. The molecule has 0 bridgehead atoms. The lowest BCUT2D eigenvalue weighted by Gasteiger charge is -2.31. The topological polar surface area (TPSA) is 125 Å². The Morgan fingerprint density at radius 1 is 0.957 bits per heavy atom. The number of aliphatic hydroxyl groups is 1. The van der Waals surface area contributed by atoms with Crippen molar-refractivity contribution in [2.24, 2.45) is 0 Å². The quantitative estimate of drug-likeness (QED) is 0.158. The molecule has 46 heavy (non-hydrogen) atoms. The number of imidazole rings is 1. The molecule has 1 fully saturated rings. The third-order valence-electron chi connectivity index (χ3n) is 7.98. The lowest BCUT2D eigenvalue weighted by atomic mass is 9.93. The lowest BCUT2D eigenvalue weighted by molar-refractivity contribution is -0.137. The number of fused-ring (bicyclic) bond motifs is 1. The van der Waals surface area contributed by atoms with Crippen molar-refractivity contribution >= 4 is 49.8 Å². The van der Waals surface area contributed by atoms with E-state index in [9.17, 15) is 26.7 Å². The van der Waals surface area contributed by atoms with Crippen LogP contribution in [-0.4, -0.2) is 45.2 Å². The fraction of sp³-hybridized carbons (Fsp3) is 0.281. The number of hydrogen-bond acceptors (Lipinski definition) is 8. The van der Waals surface area contributed by atoms with Gasteiger partial charge in [0.05, 0.1) is 34.3 Å². The molecular formula is C32H32F3N7O3S. The van der Waals surface area contributed by atoms with Crippen molar-refractivity contribution in [2.45, 2.75) is 62.4 Å². The molecule has 2 aromatic heterocycles. The van der Waals surface area contributed by atoms with Crippen LogP contribution in [0.3, 0.4) is 0 Å². The number of rotatable bonds is 9. The SMILES string of the molecule is CCn1cnc2c(N(c3ccc(S(=O)(=O)Nc4cccc(C(F)(F)F)c4)cc3)c3ccccc3NC3CCC(O)CC3)ncnc21. The van der Waals surface area contributed by atoms with E-state index in [2.05, 4.69) is 25.0 Å². The van der Waals surface area contributed by atoms with Crippen molar-refractivity contribution in [3.63, 3.8) is 0 Å². The molecule has 3 aromatic carbocycles. The minimum absolute atomic E-state index is 0.135. The van der Waals surface area contributed by atoms with Crippen LogP contribution in [0, 0.1) is 0 Å². The van der Waals surface area contributed by atoms with Crippen molar-refractivity contribution in [1.82, 2.24) is 19.5 Å². The summed E-state index contributed by atoms with van der Waals surface area (Å²) in [5.74, 6) is 0.475. The molecule has 5 aromatic rings. The van der Waals surface area contributed by atoms with Crippen molar-refractivity contribution in [3.8, 4) is 0 Å². The molecule has 6 rings (SSSR count). The number of benzene rings is 3. The number of sulfonamides is 1. The Bertz CT molecular complexity index is 1940. The number of halogens is 3. The van der Waals surface area contributed by atoms with Crippen molar-refractivity contribution < 1.29 is 26.7 Å². The molecule has 1 aliphatic rings. The van der Waals surface area contributed by atoms with E-state index in [1.807, 2.05) is 40.7 Å². The molecule has 0 unspecified atom stereocenters. The van der Waals surface area contributed by atoms with Gasteiger partial charge in [0.25, 0.3) is 10.0 Å². The van der Waals surface area contributed by atoms with Crippen LogP contribution < -0.4 is 14.9 Å². The zero-order valence-corrected chi connectivity index (χ0v) is 25.6. The summed E-state index contributed by atoms with van der Waals surface area (Å²) in [4.78, 5) is 15.4. The summed E-state index contributed by atoms with van der Waals surface area (Å²) in [6, 6.07) is 17.8. The molecule has 0 aliphatic heterocycles. The molecule has 0 saturated heterocycles. The number of aromatic nitrogens is 4. The van der Waals surface area contributed by atoms with E-state index in [4.69, 9.17) is 0 Å². The number of para-hydroxylation sites is 2. The number of alkyl halides is 3. The second-order valence-corrected chi connectivity index (χ2v) is 12.8. The normalized spacial score (nSPS) is 17.2. The molecule has 0 spiro atoms. The van der Waals surface area contributed by atoms with Crippen LogP contribution >= 0.6 is 0 Å². The molecule has 0 atom stereocenters. The molecule has 1 saturated carbocycles. The Morgan fingerprint density at radius 3 is 2.41 bits per heavy atom. The molecule has 10 nitrogen and oxygen atoms in total. The van der Waals surface area contributed by atoms with Gasteiger partial charge in [-0.2, -0.15) is 13.2 Å². The van der Waals surface area contributed by atoms with Crippen LogP contribution in [0.25, 0.3) is 11.2 Å². The standard InChI is InChI=1S/C32H32F3N7O3S/c1-2-41-20-38-29-30(41)36-19-37-31(29)42(28-9-4-3-8-27(28)39-22-10-14-25(43)15-11-22)24-12-16-26(17-13-24)46(44,45)40-23-7-5-6-21(18-23)32(33,34)35/h3-9,12-13,16-20,22,25,39-40,43H,2,10-11,14-15H2,1H3. The predicted octanol–water partition coefficient (Wildman–Crippen LogP) is 6.85. The van der Waals surface area contributed by atoms with Gasteiger partial charge in [0.15, 0.2) is 17.0 Å². The smallest absolute Gasteiger partial charge is 0.393 e. The highest BCUT2D eigenvalue weighted by molar-refractivity contribution is 7.92. The minimum atomic E-state index is -4.62. The summed E-state index contributed by atoms with van der Waals surface area (Å²) in [6.07, 6.45) is 1.24. The average Bonchev–Trinajstić information content (AvgIpc) is 3.47. The van der Waals surface area contributed by atoms with Gasteiger partial charge in [0.2, 0.25) is 0 Å². The summed E-state index contributed by atoms with van der Waals surface area (Å²) in [5, 5.41) is 13.6. The van der Waals surface area contributed by atoms with E-state index in [1.54, 1.807) is 18.5 Å². The summed E-state index contributed by atoms with van der Waals surface area (Å²) < 4.78 is 70.2. The Labute approximate surface area is 264 Å². The van der Waals surface area contributed by atoms with E-state index >= 15 is 0 Å². The first-order valence-corrected chi connectivity index (χ1v) is 16.3. The average molecular weight is 652 g/mol. The van der Waals surface area contributed by atoms with Crippen LogP contribution in [0.15, 0.2) is 90.3 Å². The maximum absolute atomic E-state index is 13.2. The number of nitrogens with zero attached hydrogens (tertiary/aromatic N) is 5. The van der Waals surface area contributed by atoms with Crippen molar-refractivity contribution in [1.29, 1.82) is 0 Å². The summed E-state index contributed by atoms with van der Waals surface area (Å²) >= 11 is 0. The highest BCUT2D eigenvalue weighted by atomic mass is 32.2. The fourth-order valence-corrected chi connectivity index (χ4v) is 6.67. The Kier molecular flexibility index (Phi) is 8.57. The van der Waals surface area contributed by atoms with Crippen LogP contribution in [0.5, 0.6) is 0 Å². The Morgan fingerprint density at radius 2 is 1.70 bits per heavy atom. The van der Waals surface area contributed by atoms with Crippen molar-refractivity contribution in [2.75, 3.05) is 14.9 Å². The molecule has 14 heteroatoms. The van der Waals surface area contributed by atoms with Crippen molar-refractivity contribution in [3.05, 3.63) is 91.0 Å². The second kappa shape index (κ2) is 12.6. The first-order chi connectivity index (χ1) is 22.0. The molecule has 2 heterocycles. The first kappa shape index (κ1) is 31.3. The minimum Gasteiger partial charge on any atom is -0.393 e. The van der Waals surface area contributed by atoms with E-state index in [1.165, 1.54) is 24.5 Å².